The molecule has 2 aromatic rings. The van der Waals surface area contributed by atoms with Crippen LogP contribution in [-0.2, 0) is 16.6 Å². The maximum Gasteiger partial charge on any atom is 0.254 e. The molecule has 0 aliphatic heterocycles. The zero-order valence-corrected chi connectivity index (χ0v) is 15.6. The number of hydrogen-bond donors (Lipinski definition) is 1. The smallest absolute Gasteiger partial charge is 0.254 e. The minimum atomic E-state index is -3.53. The number of amides is 1. The van der Waals surface area contributed by atoms with Crippen LogP contribution in [0, 0.1) is 5.82 Å². The summed E-state index contributed by atoms with van der Waals surface area (Å²) in [5.74, 6) is -0.491. The monoisotopic (exact) mass is 388 g/mol. The lowest BCUT2D eigenvalue weighted by Crippen LogP contribution is -2.32. The van der Waals surface area contributed by atoms with Crippen molar-refractivity contribution in [3.63, 3.8) is 0 Å². The Morgan fingerprint density at radius 1 is 1.07 bits per heavy atom. The summed E-state index contributed by atoms with van der Waals surface area (Å²) in [5, 5.41) is 0. The lowest BCUT2D eigenvalue weighted by molar-refractivity contribution is 0.0729. The Morgan fingerprint density at radius 3 is 2.37 bits per heavy atom. The quantitative estimate of drug-likeness (QED) is 0.793. The molecule has 0 spiro atoms. The molecular formula is C20H21FN2O3S. The highest BCUT2D eigenvalue weighted by Gasteiger charge is 2.33. The zero-order chi connectivity index (χ0) is 19.0. The van der Waals surface area contributed by atoms with Gasteiger partial charge in [0.1, 0.15) is 5.82 Å². The Bertz CT molecular complexity index is 951. The molecule has 0 unspecified atom stereocenters. The van der Waals surface area contributed by atoms with Gasteiger partial charge in [0, 0.05) is 24.2 Å². The fourth-order valence-corrected chi connectivity index (χ4v) is 4.32. The van der Waals surface area contributed by atoms with Crippen molar-refractivity contribution in [2.75, 3.05) is 0 Å². The summed E-state index contributed by atoms with van der Waals surface area (Å²) in [6, 6.07) is 12.4. The first-order valence-electron chi connectivity index (χ1n) is 9.10. The van der Waals surface area contributed by atoms with Crippen LogP contribution in [-0.4, -0.2) is 31.3 Å². The minimum Gasteiger partial charge on any atom is -0.331 e. The van der Waals surface area contributed by atoms with Gasteiger partial charge in [-0.25, -0.2) is 17.5 Å². The average Bonchev–Trinajstić information content (AvgIpc) is 3.54. The molecule has 0 heterocycles. The van der Waals surface area contributed by atoms with Gasteiger partial charge >= 0.3 is 0 Å². The molecule has 4 rings (SSSR count). The summed E-state index contributed by atoms with van der Waals surface area (Å²) >= 11 is 0. The summed E-state index contributed by atoms with van der Waals surface area (Å²) < 4.78 is 40.6. The van der Waals surface area contributed by atoms with E-state index in [9.17, 15) is 17.6 Å². The average molecular weight is 388 g/mol. The Labute approximate surface area is 158 Å². The van der Waals surface area contributed by atoms with Gasteiger partial charge in [-0.15, -0.1) is 0 Å². The second-order valence-electron chi connectivity index (χ2n) is 7.21. The lowest BCUT2D eigenvalue weighted by atomic mass is 10.1. The number of benzene rings is 2. The van der Waals surface area contributed by atoms with Crippen LogP contribution in [0.5, 0.6) is 0 Å². The van der Waals surface area contributed by atoms with E-state index in [0.717, 1.165) is 31.2 Å². The van der Waals surface area contributed by atoms with Crippen LogP contribution in [0.1, 0.15) is 41.6 Å². The molecule has 0 radical (unpaired) electrons. The zero-order valence-electron chi connectivity index (χ0n) is 14.8. The predicted octanol–water partition coefficient (Wildman–Crippen LogP) is 3.07. The normalized spacial score (nSPS) is 16.9. The molecule has 0 aromatic heterocycles. The topological polar surface area (TPSA) is 66.5 Å². The molecule has 2 aliphatic carbocycles. The Morgan fingerprint density at radius 2 is 1.78 bits per heavy atom. The molecule has 7 heteroatoms. The van der Waals surface area contributed by atoms with E-state index in [1.165, 1.54) is 24.3 Å². The van der Waals surface area contributed by atoms with Gasteiger partial charge in [0.2, 0.25) is 10.0 Å². The van der Waals surface area contributed by atoms with E-state index in [1.807, 2.05) is 0 Å². The van der Waals surface area contributed by atoms with Gasteiger partial charge in [-0.3, -0.25) is 4.79 Å². The van der Waals surface area contributed by atoms with E-state index in [1.54, 1.807) is 29.2 Å². The molecule has 0 bridgehead atoms. The number of nitrogens with zero attached hydrogens (tertiary/aromatic N) is 1. The van der Waals surface area contributed by atoms with Crippen LogP contribution in [0.4, 0.5) is 4.39 Å². The number of hydrogen-bond acceptors (Lipinski definition) is 3. The first kappa shape index (κ1) is 18.1. The Balaban J connectivity index is 1.51. The largest absolute Gasteiger partial charge is 0.331 e. The Hall–Kier alpha value is -2.25. The van der Waals surface area contributed by atoms with Crippen LogP contribution in [0.25, 0.3) is 0 Å². The number of rotatable bonds is 7. The first-order chi connectivity index (χ1) is 12.9. The number of sulfonamides is 1. The number of nitrogens with one attached hydrogen (secondary N) is 1. The van der Waals surface area contributed by atoms with E-state index in [4.69, 9.17) is 0 Å². The second-order valence-corrected chi connectivity index (χ2v) is 8.93. The van der Waals surface area contributed by atoms with Gasteiger partial charge in [0.25, 0.3) is 5.91 Å². The molecule has 2 saturated carbocycles. The molecule has 0 saturated heterocycles. The van der Waals surface area contributed by atoms with E-state index in [0.29, 0.717) is 12.1 Å². The van der Waals surface area contributed by atoms with Crippen molar-refractivity contribution in [2.45, 2.75) is 49.2 Å². The summed E-state index contributed by atoms with van der Waals surface area (Å²) in [5.41, 5.74) is 1.17. The first-order valence-corrected chi connectivity index (χ1v) is 10.6. The van der Waals surface area contributed by atoms with E-state index in [-0.39, 0.29) is 28.7 Å². The van der Waals surface area contributed by atoms with Gasteiger partial charge < -0.3 is 4.90 Å². The van der Waals surface area contributed by atoms with Gasteiger partial charge in [0.15, 0.2) is 0 Å². The molecule has 2 fully saturated rings. The van der Waals surface area contributed by atoms with Crippen molar-refractivity contribution in [2.24, 2.45) is 0 Å². The molecule has 2 aromatic carbocycles. The third kappa shape index (κ3) is 4.36. The van der Waals surface area contributed by atoms with Crippen molar-refractivity contribution in [1.82, 2.24) is 9.62 Å². The van der Waals surface area contributed by atoms with Crippen LogP contribution in [0.15, 0.2) is 53.4 Å². The van der Waals surface area contributed by atoms with Crippen LogP contribution >= 0.6 is 0 Å². The lowest BCUT2D eigenvalue weighted by Gasteiger charge is -2.23. The van der Waals surface area contributed by atoms with Gasteiger partial charge in [0.05, 0.1) is 4.90 Å². The predicted molar refractivity (Wildman–Crippen MR) is 99.1 cm³/mol. The molecule has 2 aliphatic rings. The van der Waals surface area contributed by atoms with E-state index in [2.05, 4.69) is 4.72 Å². The standard InChI is InChI=1S/C20H21FN2O3S/c21-16-3-1-2-14(12-16)13-23(18-8-9-18)20(24)15-4-10-19(11-5-15)27(25,26)22-17-6-7-17/h1-5,10-12,17-18,22H,6-9,13H2. The van der Waals surface area contributed by atoms with Crippen molar-refractivity contribution in [3.05, 3.63) is 65.5 Å². The van der Waals surface area contributed by atoms with E-state index >= 15 is 0 Å². The van der Waals surface area contributed by atoms with Crippen molar-refractivity contribution in [1.29, 1.82) is 0 Å². The van der Waals surface area contributed by atoms with Crippen LogP contribution in [0.2, 0.25) is 0 Å². The highest BCUT2D eigenvalue weighted by atomic mass is 32.2. The fourth-order valence-electron chi connectivity index (χ4n) is 3.02. The molecule has 142 valence electrons. The molecule has 1 amide bonds. The number of carbonyl (C=O) groups excluding carboxylic acids is 1. The summed E-state index contributed by atoms with van der Waals surface area (Å²) in [7, 11) is -3.53. The third-order valence-electron chi connectivity index (χ3n) is 4.80. The highest BCUT2D eigenvalue weighted by molar-refractivity contribution is 7.89. The second kappa shape index (κ2) is 7.05. The van der Waals surface area contributed by atoms with Crippen molar-refractivity contribution >= 4 is 15.9 Å². The molecule has 27 heavy (non-hydrogen) atoms. The Kier molecular flexibility index (Phi) is 4.74. The summed E-state index contributed by atoms with van der Waals surface area (Å²) in [6.07, 6.45) is 3.59. The van der Waals surface area contributed by atoms with Crippen molar-refractivity contribution < 1.29 is 17.6 Å². The fraction of sp³-hybridized carbons (Fsp3) is 0.350. The van der Waals surface area contributed by atoms with Gasteiger partial charge in [-0.05, 0) is 67.6 Å². The highest BCUT2D eigenvalue weighted by Crippen LogP contribution is 2.30. The van der Waals surface area contributed by atoms with Gasteiger partial charge in [-0.2, -0.15) is 0 Å². The van der Waals surface area contributed by atoms with Gasteiger partial charge in [-0.1, -0.05) is 12.1 Å². The van der Waals surface area contributed by atoms with Crippen molar-refractivity contribution in [3.8, 4) is 0 Å². The molecular weight excluding hydrogens is 367 g/mol. The molecule has 5 nitrogen and oxygen atoms in total. The summed E-state index contributed by atoms with van der Waals surface area (Å²) in [6.45, 7) is 0.338. The number of halogens is 1. The summed E-state index contributed by atoms with van der Waals surface area (Å²) in [4.78, 5) is 14.8. The number of carbonyl (C=O) groups is 1. The molecule has 0 atom stereocenters. The third-order valence-corrected chi connectivity index (χ3v) is 6.34. The van der Waals surface area contributed by atoms with Crippen LogP contribution in [0.3, 0.4) is 0 Å². The maximum atomic E-state index is 13.4. The SMILES string of the molecule is O=C(c1ccc(S(=O)(=O)NC2CC2)cc1)N(Cc1cccc(F)c1)C1CC1. The van der Waals surface area contributed by atoms with Crippen LogP contribution < -0.4 is 4.72 Å². The maximum absolute atomic E-state index is 13.4. The van der Waals surface area contributed by atoms with E-state index < -0.39 is 10.0 Å². The molecule has 1 N–H and O–H groups in total. The minimum absolute atomic E-state index is 0.0351.